The Morgan fingerprint density at radius 1 is 1.52 bits per heavy atom. The molecule has 1 aromatic heterocycles. The largest absolute Gasteiger partial charge is 0.352 e. The molecule has 1 saturated heterocycles. The Bertz CT molecular complexity index is 742. The lowest BCUT2D eigenvalue weighted by Gasteiger charge is -2.32. The van der Waals surface area contributed by atoms with Crippen LogP contribution in [0.2, 0.25) is 0 Å². The van der Waals surface area contributed by atoms with E-state index < -0.39 is 4.92 Å². The number of non-ortho nitro benzene ring substituents is 1. The minimum Gasteiger partial charge on any atom is -0.352 e. The van der Waals surface area contributed by atoms with Crippen molar-refractivity contribution in [3.63, 3.8) is 0 Å². The van der Waals surface area contributed by atoms with Gasteiger partial charge in [-0.1, -0.05) is 0 Å². The summed E-state index contributed by atoms with van der Waals surface area (Å²) in [5, 5.41) is 19.1. The van der Waals surface area contributed by atoms with Crippen LogP contribution < -0.4 is 5.32 Å². The number of benzene rings is 1. The van der Waals surface area contributed by atoms with Gasteiger partial charge in [0.1, 0.15) is 0 Å². The highest BCUT2D eigenvalue weighted by molar-refractivity contribution is 5.80. The molecule has 1 aliphatic heterocycles. The molecule has 122 valence electrons. The highest BCUT2D eigenvalue weighted by atomic mass is 16.6. The van der Waals surface area contributed by atoms with Gasteiger partial charge in [0.05, 0.1) is 23.3 Å². The van der Waals surface area contributed by atoms with Crippen molar-refractivity contribution in [2.45, 2.75) is 32.5 Å². The van der Waals surface area contributed by atoms with E-state index in [2.05, 4.69) is 15.3 Å². The average molecular weight is 317 g/mol. The fourth-order valence-electron chi connectivity index (χ4n) is 3.06. The summed E-state index contributed by atoms with van der Waals surface area (Å²) >= 11 is 0. The van der Waals surface area contributed by atoms with Crippen LogP contribution in [0.15, 0.2) is 24.4 Å². The molecular weight excluding hydrogens is 298 g/mol. The molecule has 23 heavy (non-hydrogen) atoms. The quantitative estimate of drug-likeness (QED) is 0.681. The summed E-state index contributed by atoms with van der Waals surface area (Å²) in [5.41, 5.74) is 0.815. The first-order valence-corrected chi connectivity index (χ1v) is 7.62. The number of hydrogen-bond donors (Lipinski definition) is 1. The standard InChI is InChI=1S/C15H19N5O3/c1-11(21)17-13-3-2-6-18(9-13)10-19-15-7-14(20(22)23)5-4-12(15)8-16-19/h4-5,7-8,13H,2-3,6,9-10H2,1H3,(H,17,21)/t13-/m0/s1. The Morgan fingerprint density at radius 2 is 2.35 bits per heavy atom. The highest BCUT2D eigenvalue weighted by Gasteiger charge is 2.21. The van der Waals surface area contributed by atoms with Crippen LogP contribution >= 0.6 is 0 Å². The van der Waals surface area contributed by atoms with E-state index in [0.29, 0.717) is 6.67 Å². The van der Waals surface area contributed by atoms with Crippen LogP contribution in [-0.2, 0) is 11.5 Å². The number of fused-ring (bicyclic) bond motifs is 1. The van der Waals surface area contributed by atoms with E-state index in [0.717, 1.165) is 36.8 Å². The fraction of sp³-hybridized carbons (Fsp3) is 0.467. The SMILES string of the molecule is CC(=O)N[C@H]1CCCN(Cn2ncc3ccc([N+](=O)[O-])cc32)C1. The molecule has 1 N–H and O–H groups in total. The first-order chi connectivity index (χ1) is 11.0. The number of likely N-dealkylation sites (tertiary alicyclic amines) is 1. The average Bonchev–Trinajstić information content (AvgIpc) is 2.89. The van der Waals surface area contributed by atoms with Crippen molar-refractivity contribution in [2.24, 2.45) is 0 Å². The van der Waals surface area contributed by atoms with Crippen molar-refractivity contribution in [2.75, 3.05) is 13.1 Å². The molecule has 0 radical (unpaired) electrons. The second kappa shape index (κ2) is 6.33. The predicted molar refractivity (Wildman–Crippen MR) is 84.8 cm³/mol. The molecule has 8 heteroatoms. The third kappa shape index (κ3) is 3.48. The van der Waals surface area contributed by atoms with E-state index in [1.54, 1.807) is 23.0 Å². The molecule has 0 unspecified atom stereocenters. The zero-order chi connectivity index (χ0) is 16.4. The minimum atomic E-state index is -0.398. The van der Waals surface area contributed by atoms with E-state index >= 15 is 0 Å². The number of nitrogens with one attached hydrogen (secondary N) is 1. The molecule has 2 heterocycles. The number of nitro groups is 1. The summed E-state index contributed by atoms with van der Waals surface area (Å²) in [4.78, 5) is 23.9. The maximum absolute atomic E-state index is 11.2. The maximum atomic E-state index is 11.2. The van der Waals surface area contributed by atoms with Crippen LogP contribution in [-0.4, -0.2) is 44.6 Å². The number of piperidine rings is 1. The number of nitro benzene ring substituents is 1. The smallest absolute Gasteiger partial charge is 0.271 e. The Balaban J connectivity index is 1.77. The summed E-state index contributed by atoms with van der Waals surface area (Å²) in [5.74, 6) is -0.0167. The van der Waals surface area contributed by atoms with Crippen LogP contribution in [0.3, 0.4) is 0 Å². The van der Waals surface area contributed by atoms with Gasteiger partial charge >= 0.3 is 0 Å². The van der Waals surface area contributed by atoms with Crippen LogP contribution in [0.4, 0.5) is 5.69 Å². The number of aromatic nitrogens is 2. The van der Waals surface area contributed by atoms with Crippen molar-refractivity contribution in [3.8, 4) is 0 Å². The van der Waals surface area contributed by atoms with Crippen molar-refractivity contribution in [1.29, 1.82) is 0 Å². The monoisotopic (exact) mass is 317 g/mol. The summed E-state index contributed by atoms with van der Waals surface area (Å²) < 4.78 is 1.78. The van der Waals surface area contributed by atoms with E-state index in [4.69, 9.17) is 0 Å². The van der Waals surface area contributed by atoms with Crippen LogP contribution in [0.25, 0.3) is 10.9 Å². The van der Waals surface area contributed by atoms with Gasteiger partial charge in [0, 0.05) is 43.6 Å². The predicted octanol–water partition coefficient (Wildman–Crippen LogP) is 1.50. The number of nitrogens with zero attached hydrogens (tertiary/aromatic N) is 4. The fourth-order valence-corrected chi connectivity index (χ4v) is 3.06. The summed E-state index contributed by atoms with van der Waals surface area (Å²) in [6.45, 7) is 3.77. The molecule has 0 aliphatic carbocycles. The number of carbonyl (C=O) groups is 1. The van der Waals surface area contributed by atoms with Gasteiger partial charge in [-0.3, -0.25) is 24.5 Å². The van der Waals surface area contributed by atoms with Gasteiger partial charge in [0.15, 0.2) is 0 Å². The molecular formula is C15H19N5O3. The first-order valence-electron chi connectivity index (χ1n) is 7.62. The highest BCUT2D eigenvalue weighted by Crippen LogP contribution is 2.21. The molecule has 1 aromatic carbocycles. The second-order valence-electron chi connectivity index (χ2n) is 5.90. The first kappa shape index (κ1) is 15.4. The summed E-state index contributed by atoms with van der Waals surface area (Å²) in [6.07, 6.45) is 3.69. The van der Waals surface area contributed by atoms with Crippen LogP contribution in [0.5, 0.6) is 0 Å². The van der Waals surface area contributed by atoms with E-state index in [1.165, 1.54) is 13.0 Å². The Kier molecular flexibility index (Phi) is 4.24. The molecule has 1 aliphatic rings. The normalized spacial score (nSPS) is 18.9. The molecule has 3 rings (SSSR count). The van der Waals surface area contributed by atoms with E-state index in [-0.39, 0.29) is 17.6 Å². The second-order valence-corrected chi connectivity index (χ2v) is 5.90. The lowest BCUT2D eigenvalue weighted by molar-refractivity contribution is -0.384. The van der Waals surface area contributed by atoms with Gasteiger partial charge in [-0.2, -0.15) is 5.10 Å². The molecule has 1 atom stereocenters. The van der Waals surface area contributed by atoms with Gasteiger partial charge in [-0.25, -0.2) is 0 Å². The zero-order valence-electron chi connectivity index (χ0n) is 12.9. The molecule has 2 aromatic rings. The van der Waals surface area contributed by atoms with Crippen molar-refractivity contribution >= 4 is 22.5 Å². The number of rotatable bonds is 4. The van der Waals surface area contributed by atoms with Crippen molar-refractivity contribution in [3.05, 3.63) is 34.5 Å². The summed E-state index contributed by atoms with van der Waals surface area (Å²) in [7, 11) is 0. The Hall–Kier alpha value is -2.48. The van der Waals surface area contributed by atoms with Crippen molar-refractivity contribution < 1.29 is 9.72 Å². The maximum Gasteiger partial charge on any atom is 0.271 e. The van der Waals surface area contributed by atoms with Crippen LogP contribution in [0.1, 0.15) is 19.8 Å². The Morgan fingerprint density at radius 3 is 3.09 bits per heavy atom. The molecule has 0 bridgehead atoms. The van der Waals surface area contributed by atoms with E-state index in [9.17, 15) is 14.9 Å². The zero-order valence-corrected chi connectivity index (χ0v) is 12.9. The lowest BCUT2D eigenvalue weighted by Crippen LogP contribution is -2.47. The molecule has 0 saturated carbocycles. The van der Waals surface area contributed by atoms with E-state index in [1.807, 2.05) is 0 Å². The van der Waals surface area contributed by atoms with Gasteiger partial charge in [-0.05, 0) is 18.9 Å². The number of amides is 1. The third-order valence-electron chi connectivity index (χ3n) is 4.09. The summed E-state index contributed by atoms with van der Waals surface area (Å²) in [6, 6.07) is 4.91. The van der Waals surface area contributed by atoms with Gasteiger partial charge in [-0.15, -0.1) is 0 Å². The number of carbonyl (C=O) groups excluding carboxylic acids is 1. The van der Waals surface area contributed by atoms with Gasteiger partial charge in [0.2, 0.25) is 5.91 Å². The van der Waals surface area contributed by atoms with Crippen molar-refractivity contribution in [1.82, 2.24) is 20.0 Å². The van der Waals surface area contributed by atoms with Gasteiger partial charge < -0.3 is 5.32 Å². The van der Waals surface area contributed by atoms with Gasteiger partial charge in [0.25, 0.3) is 5.69 Å². The number of hydrogen-bond acceptors (Lipinski definition) is 5. The topological polar surface area (TPSA) is 93.3 Å². The van der Waals surface area contributed by atoms with Crippen LogP contribution in [0, 0.1) is 10.1 Å². The minimum absolute atomic E-state index is 0.0167. The third-order valence-corrected chi connectivity index (χ3v) is 4.09. The molecule has 0 spiro atoms. The molecule has 1 amide bonds. The molecule has 8 nitrogen and oxygen atoms in total. The Labute approximate surface area is 133 Å². The lowest BCUT2D eigenvalue weighted by atomic mass is 10.1. The molecule has 1 fully saturated rings.